The van der Waals surface area contributed by atoms with Crippen LogP contribution in [0, 0.1) is 0 Å². The molecule has 1 aliphatic rings. The second-order valence-electron chi connectivity index (χ2n) is 3.38. The summed E-state index contributed by atoms with van der Waals surface area (Å²) in [6.45, 7) is 0. The molecule has 0 bridgehead atoms. The smallest absolute Gasteiger partial charge is 0.871 e. The molecular weight excluding hydrogens is 271 g/mol. The van der Waals surface area contributed by atoms with E-state index in [1.807, 2.05) is 0 Å². The molecule has 2 rings (SSSR count). The minimum Gasteiger partial charge on any atom is -0.871 e. The second kappa shape index (κ2) is 5.85. The van der Waals surface area contributed by atoms with Crippen LogP contribution in [0.1, 0.15) is 11.1 Å². The zero-order chi connectivity index (χ0) is 12.6. The van der Waals surface area contributed by atoms with Gasteiger partial charge in [0.25, 0.3) is 5.78 Å². The first-order valence-electron chi connectivity index (χ1n) is 4.61. The molecule has 0 amide bonds. The van der Waals surface area contributed by atoms with Crippen molar-refractivity contribution in [3.63, 3.8) is 0 Å². The maximum atomic E-state index is 11.9. The number of carbonyl (C=O) groups excluding carboxylic acids is 1. The van der Waals surface area contributed by atoms with Gasteiger partial charge in [-0.25, -0.2) is 4.79 Å². The zero-order valence-corrected chi connectivity index (χ0v) is 11.0. The van der Waals surface area contributed by atoms with Gasteiger partial charge < -0.3 is 10.2 Å². The number of carbonyl (C=O) groups is 2. The molecule has 0 aliphatic carbocycles. The topological polar surface area (TPSA) is 77.4 Å². The quantitative estimate of drug-likeness (QED) is 0.513. The van der Waals surface area contributed by atoms with Gasteiger partial charge in [0.1, 0.15) is 0 Å². The first-order valence-corrected chi connectivity index (χ1v) is 5.97. The minimum absolute atomic E-state index is 0. The zero-order valence-electron chi connectivity index (χ0n) is 9.40. The summed E-state index contributed by atoms with van der Waals surface area (Å²) in [5, 5.41) is 21.0. The van der Waals surface area contributed by atoms with E-state index in [9.17, 15) is 14.7 Å². The number of benzene rings is 1. The standard InChI is InChI=1S/C11H7ClO4S.Li/c12-6-1-2-7-5(3-6)4-17-10(8(7)13)9(14)11(15)16;/h1-3,13H,4H2,(H,15,16);/q;+1/p-1. The molecule has 0 radical (unpaired) electrons. The van der Waals surface area contributed by atoms with E-state index >= 15 is 0 Å². The summed E-state index contributed by atoms with van der Waals surface area (Å²) in [6, 6.07) is 4.69. The number of Topliss-reactive ketones (excluding diaryl/α,β-unsaturated/α-hetero) is 1. The predicted octanol–water partition coefficient (Wildman–Crippen LogP) is -1.73. The molecule has 7 heteroatoms. The molecule has 0 saturated heterocycles. The summed E-state index contributed by atoms with van der Waals surface area (Å²) in [4.78, 5) is 21.6. The van der Waals surface area contributed by atoms with Crippen molar-refractivity contribution in [3.05, 3.63) is 39.3 Å². The van der Waals surface area contributed by atoms with E-state index in [0.29, 0.717) is 16.3 Å². The fourth-order valence-corrected chi connectivity index (χ4v) is 2.70. The SMILES string of the molecule is O=C(O)C(=O)C1=C([O-])c2ccc(Cl)cc2CS1.[Li+]. The fourth-order valence-electron chi connectivity index (χ4n) is 1.51. The van der Waals surface area contributed by atoms with Crippen LogP contribution in [0.15, 0.2) is 23.1 Å². The summed E-state index contributed by atoms with van der Waals surface area (Å²) in [5.74, 6) is -2.94. The first kappa shape index (κ1) is 15.2. The van der Waals surface area contributed by atoms with Gasteiger partial charge in [-0.05, 0) is 23.3 Å². The Labute approximate surface area is 124 Å². The number of fused-ring (bicyclic) bond motifs is 1. The third-order valence-corrected chi connectivity index (χ3v) is 3.64. The van der Waals surface area contributed by atoms with Crippen LogP contribution in [-0.4, -0.2) is 16.9 Å². The van der Waals surface area contributed by atoms with Crippen LogP contribution in [0.5, 0.6) is 0 Å². The summed E-state index contributed by atoms with van der Waals surface area (Å²) in [6.07, 6.45) is 0. The van der Waals surface area contributed by atoms with Crippen LogP contribution in [-0.2, 0) is 15.3 Å². The maximum absolute atomic E-state index is 11.9. The van der Waals surface area contributed by atoms with Gasteiger partial charge in [-0.1, -0.05) is 23.4 Å². The van der Waals surface area contributed by atoms with Crippen molar-refractivity contribution in [1.82, 2.24) is 0 Å². The van der Waals surface area contributed by atoms with Gasteiger partial charge in [0, 0.05) is 10.8 Å². The van der Waals surface area contributed by atoms with Crippen molar-refractivity contribution in [1.29, 1.82) is 0 Å². The van der Waals surface area contributed by atoms with Crippen LogP contribution in [0.3, 0.4) is 0 Å². The molecule has 4 nitrogen and oxygen atoms in total. The van der Waals surface area contributed by atoms with Crippen molar-refractivity contribution >= 4 is 40.9 Å². The molecule has 88 valence electrons. The molecule has 0 atom stereocenters. The van der Waals surface area contributed by atoms with Crippen LogP contribution >= 0.6 is 23.4 Å². The molecule has 1 aromatic carbocycles. The van der Waals surface area contributed by atoms with Gasteiger partial charge in [-0.3, -0.25) is 4.79 Å². The molecule has 18 heavy (non-hydrogen) atoms. The number of hydrogen-bond donors (Lipinski definition) is 1. The largest absolute Gasteiger partial charge is 1.00 e. The number of thioether (sulfide) groups is 1. The molecule has 0 spiro atoms. The Balaban J connectivity index is 0.00000162. The van der Waals surface area contributed by atoms with E-state index in [0.717, 1.165) is 17.3 Å². The van der Waals surface area contributed by atoms with Gasteiger partial charge in [0.15, 0.2) is 0 Å². The summed E-state index contributed by atoms with van der Waals surface area (Å²) >= 11 is 6.72. The van der Waals surface area contributed by atoms with E-state index in [1.54, 1.807) is 6.07 Å². The van der Waals surface area contributed by atoms with E-state index in [-0.39, 0.29) is 23.8 Å². The number of aliphatic carboxylic acids is 1. The van der Waals surface area contributed by atoms with Crippen molar-refractivity contribution in [3.8, 4) is 0 Å². The molecule has 0 saturated carbocycles. The monoisotopic (exact) mass is 276 g/mol. The third-order valence-electron chi connectivity index (χ3n) is 2.29. The van der Waals surface area contributed by atoms with Gasteiger partial charge in [-0.2, -0.15) is 0 Å². The van der Waals surface area contributed by atoms with E-state index in [4.69, 9.17) is 16.7 Å². The second-order valence-corrected chi connectivity index (χ2v) is 4.80. The average molecular weight is 277 g/mol. The van der Waals surface area contributed by atoms with Crippen molar-refractivity contribution < 1.29 is 38.7 Å². The van der Waals surface area contributed by atoms with Crippen LogP contribution in [0.25, 0.3) is 5.76 Å². The minimum atomic E-state index is -1.61. The Morgan fingerprint density at radius 3 is 2.67 bits per heavy atom. The average Bonchev–Trinajstić information content (AvgIpc) is 2.28. The predicted molar refractivity (Wildman–Crippen MR) is 62.3 cm³/mol. The van der Waals surface area contributed by atoms with Crippen molar-refractivity contribution in [2.45, 2.75) is 5.75 Å². The van der Waals surface area contributed by atoms with E-state index in [2.05, 4.69) is 0 Å². The van der Waals surface area contributed by atoms with Gasteiger partial charge >= 0.3 is 24.8 Å². The maximum Gasteiger partial charge on any atom is 1.00 e. The number of carboxylic acid groups (broad SMARTS) is 1. The van der Waals surface area contributed by atoms with E-state index in [1.165, 1.54) is 12.1 Å². The fraction of sp³-hybridized carbons (Fsp3) is 0.0909. The number of rotatable bonds is 2. The number of ketones is 1. The van der Waals surface area contributed by atoms with E-state index < -0.39 is 17.5 Å². The van der Waals surface area contributed by atoms with Crippen molar-refractivity contribution in [2.24, 2.45) is 0 Å². The molecule has 0 unspecified atom stereocenters. The Kier molecular flexibility index (Phi) is 4.94. The third kappa shape index (κ3) is 2.76. The molecular formula is C11H6ClLiO4S. The van der Waals surface area contributed by atoms with Crippen molar-refractivity contribution in [2.75, 3.05) is 0 Å². The summed E-state index contributed by atoms with van der Waals surface area (Å²) in [7, 11) is 0. The van der Waals surface area contributed by atoms with Crippen LogP contribution < -0.4 is 24.0 Å². The molecule has 0 fully saturated rings. The normalized spacial score (nSPS) is 13.6. The molecule has 0 aromatic heterocycles. The molecule has 1 aliphatic heterocycles. The molecule has 1 heterocycles. The van der Waals surface area contributed by atoms with Gasteiger partial charge in [0.05, 0.1) is 4.91 Å². The Morgan fingerprint density at radius 1 is 1.39 bits per heavy atom. The molecule has 1 aromatic rings. The molecule has 1 N–H and O–H groups in total. The Hall–Kier alpha value is -0.863. The van der Waals surface area contributed by atoms with Gasteiger partial charge in [0.2, 0.25) is 0 Å². The number of halogens is 1. The first-order chi connectivity index (χ1) is 8.00. The Bertz CT molecular complexity index is 556. The Morgan fingerprint density at radius 2 is 2.06 bits per heavy atom. The summed E-state index contributed by atoms with van der Waals surface area (Å²) < 4.78 is 0. The van der Waals surface area contributed by atoms with Crippen LogP contribution in [0.2, 0.25) is 5.02 Å². The van der Waals surface area contributed by atoms with Gasteiger partial charge in [-0.15, -0.1) is 11.8 Å². The summed E-state index contributed by atoms with van der Waals surface area (Å²) in [5.41, 5.74) is 1.06. The number of hydrogen-bond acceptors (Lipinski definition) is 4. The number of carboxylic acids is 1. The van der Waals surface area contributed by atoms with Crippen LogP contribution in [0.4, 0.5) is 0 Å².